The molecule has 5 rings (SSSR count). The summed E-state index contributed by atoms with van der Waals surface area (Å²) >= 11 is 0. The van der Waals surface area contributed by atoms with Crippen molar-refractivity contribution in [2.45, 2.75) is 142 Å². The summed E-state index contributed by atoms with van der Waals surface area (Å²) in [4.78, 5) is 2.50. The van der Waals surface area contributed by atoms with Gasteiger partial charge in [-0.1, -0.05) is 51.1 Å². The van der Waals surface area contributed by atoms with E-state index in [2.05, 4.69) is 63.1 Å². The summed E-state index contributed by atoms with van der Waals surface area (Å²) in [6.45, 7) is 14.8. The lowest BCUT2D eigenvalue weighted by Gasteiger charge is -2.65. The molecular weight excluding hydrogens is 633 g/mol. The number of ether oxygens (including phenoxy) is 3. The molecule has 4 aliphatic rings. The molecule has 4 aliphatic carbocycles. The number of nitrogens with two attached hydrogens (primary N) is 3. The van der Waals surface area contributed by atoms with Crippen molar-refractivity contribution in [3.05, 3.63) is 35.9 Å². The van der Waals surface area contributed by atoms with Gasteiger partial charge in [-0.05, 0) is 176 Å². The van der Waals surface area contributed by atoms with E-state index in [1.54, 1.807) is 0 Å². The Morgan fingerprint density at radius 1 is 0.765 bits per heavy atom. The second-order valence-electron chi connectivity index (χ2n) is 17.9. The van der Waals surface area contributed by atoms with Crippen molar-refractivity contribution >= 4 is 0 Å². The van der Waals surface area contributed by atoms with E-state index < -0.39 is 0 Å². The Balaban J connectivity index is 1.34. The number of benzene rings is 1. The van der Waals surface area contributed by atoms with Crippen LogP contribution in [-0.2, 0) is 20.8 Å². The van der Waals surface area contributed by atoms with Crippen LogP contribution in [-0.4, -0.2) is 76.3 Å². The van der Waals surface area contributed by atoms with Crippen LogP contribution in [0.4, 0.5) is 0 Å². The average molecular weight is 711 g/mol. The maximum absolute atomic E-state index is 7.16. The number of rotatable bonds is 22. The van der Waals surface area contributed by atoms with E-state index in [1.807, 2.05) is 0 Å². The fourth-order valence-corrected chi connectivity index (χ4v) is 11.9. The third-order valence-corrected chi connectivity index (χ3v) is 14.7. The molecule has 4 saturated carbocycles. The van der Waals surface area contributed by atoms with Gasteiger partial charge in [-0.2, -0.15) is 0 Å². The second-order valence-corrected chi connectivity index (χ2v) is 17.9. The Labute approximate surface area is 312 Å². The van der Waals surface area contributed by atoms with Gasteiger partial charge in [0.2, 0.25) is 0 Å². The van der Waals surface area contributed by atoms with Crippen molar-refractivity contribution in [3.8, 4) is 0 Å². The Morgan fingerprint density at radius 3 is 2.12 bits per heavy atom. The SMILES string of the molecule is CC(CCCN(C)Cc1ccccc1)C1CC[C@H]2C3[C@H](OCCCCN)CC4C[C@H](OCCCCN)CCC4(C)[C@H]3C[C@H](OCCCCN)C12C. The molecule has 292 valence electrons. The molecule has 1 aromatic carbocycles. The molecule has 0 aromatic heterocycles. The fraction of sp³-hybridized carbons (Fsp3) is 0.864. The van der Waals surface area contributed by atoms with Crippen molar-refractivity contribution in [1.82, 2.24) is 4.90 Å². The fourth-order valence-electron chi connectivity index (χ4n) is 11.9. The van der Waals surface area contributed by atoms with Gasteiger partial charge < -0.3 is 36.3 Å². The summed E-state index contributed by atoms with van der Waals surface area (Å²) in [5.74, 6) is 3.88. The van der Waals surface area contributed by atoms with Gasteiger partial charge in [0.1, 0.15) is 0 Å². The summed E-state index contributed by atoms with van der Waals surface area (Å²) in [6, 6.07) is 10.9. The molecule has 0 bridgehead atoms. The summed E-state index contributed by atoms with van der Waals surface area (Å²) < 4.78 is 20.7. The number of hydrogen-bond donors (Lipinski definition) is 3. The van der Waals surface area contributed by atoms with E-state index in [4.69, 9.17) is 31.4 Å². The van der Waals surface area contributed by atoms with Crippen LogP contribution in [0.5, 0.6) is 0 Å². The Kier molecular flexibility index (Phi) is 16.1. The van der Waals surface area contributed by atoms with Crippen molar-refractivity contribution in [2.24, 2.45) is 63.5 Å². The second kappa shape index (κ2) is 20.0. The average Bonchev–Trinajstić information content (AvgIpc) is 3.49. The molecule has 0 spiro atoms. The van der Waals surface area contributed by atoms with Crippen LogP contribution < -0.4 is 17.2 Å². The highest BCUT2D eigenvalue weighted by Crippen LogP contribution is 2.69. The third kappa shape index (κ3) is 9.98. The molecule has 51 heavy (non-hydrogen) atoms. The first-order chi connectivity index (χ1) is 24.8. The molecule has 1 aromatic rings. The van der Waals surface area contributed by atoms with Gasteiger partial charge in [-0.25, -0.2) is 0 Å². The molecule has 11 atom stereocenters. The Morgan fingerprint density at radius 2 is 1.43 bits per heavy atom. The molecule has 7 nitrogen and oxygen atoms in total. The predicted molar refractivity (Wildman–Crippen MR) is 211 cm³/mol. The molecule has 0 saturated heterocycles. The lowest BCUT2D eigenvalue weighted by molar-refractivity contribution is -0.227. The normalized spacial score (nSPS) is 35.4. The number of unbranched alkanes of at least 4 members (excludes halogenated alkanes) is 3. The van der Waals surface area contributed by atoms with Crippen LogP contribution in [0.1, 0.15) is 123 Å². The Bertz CT molecular complexity index is 1120. The van der Waals surface area contributed by atoms with Crippen LogP contribution in [0, 0.1) is 46.3 Å². The Hall–Kier alpha value is -1.06. The summed E-state index contributed by atoms with van der Waals surface area (Å²) in [6.07, 6.45) is 18.5. The third-order valence-electron chi connectivity index (χ3n) is 14.7. The quantitative estimate of drug-likeness (QED) is 0.106. The minimum Gasteiger partial charge on any atom is -0.378 e. The van der Waals surface area contributed by atoms with Crippen molar-refractivity contribution < 1.29 is 14.2 Å². The first-order valence-corrected chi connectivity index (χ1v) is 21.4. The highest BCUT2D eigenvalue weighted by atomic mass is 16.5. The standard InChI is InChI=1S/C44H78N4O3/c1-33(15-14-25-48(4)32-34-16-6-5-7-17-34)37-18-19-38-42-39(31-41(44(37,38)3)51-28-13-10-24-47)43(2)21-20-36(49-26-11-8-22-45)29-35(43)30-40(42)50-27-12-9-23-46/h5-7,16-17,33,35-42H,8-15,18-32,45-47H2,1-4H3/t33?,35?,36-,37?,38+,39+,40-,41+,42?,43?,44?/m1/s1. The van der Waals surface area contributed by atoms with Crippen LogP contribution in [0.25, 0.3) is 0 Å². The minimum absolute atomic E-state index is 0.171. The van der Waals surface area contributed by atoms with E-state index in [-0.39, 0.29) is 5.41 Å². The zero-order chi connectivity index (χ0) is 36.3. The smallest absolute Gasteiger partial charge is 0.0637 e. The van der Waals surface area contributed by atoms with Gasteiger partial charge in [0.15, 0.2) is 0 Å². The summed E-state index contributed by atoms with van der Waals surface area (Å²) in [5, 5.41) is 0. The van der Waals surface area contributed by atoms with Crippen molar-refractivity contribution in [3.63, 3.8) is 0 Å². The maximum Gasteiger partial charge on any atom is 0.0637 e. The lowest BCUT2D eigenvalue weighted by atomic mass is 9.43. The van der Waals surface area contributed by atoms with Crippen LogP contribution in [0.3, 0.4) is 0 Å². The van der Waals surface area contributed by atoms with Gasteiger partial charge in [-0.3, -0.25) is 0 Å². The van der Waals surface area contributed by atoms with E-state index in [0.717, 1.165) is 91.1 Å². The number of nitrogens with zero attached hydrogens (tertiary/aromatic N) is 1. The zero-order valence-electron chi connectivity index (χ0n) is 33.3. The highest BCUT2D eigenvalue weighted by molar-refractivity contribution is 5.16. The van der Waals surface area contributed by atoms with Crippen LogP contribution in [0.15, 0.2) is 30.3 Å². The molecule has 0 amide bonds. The lowest BCUT2D eigenvalue weighted by Crippen LogP contribution is -2.63. The monoisotopic (exact) mass is 711 g/mol. The topological polar surface area (TPSA) is 109 Å². The van der Waals surface area contributed by atoms with E-state index >= 15 is 0 Å². The van der Waals surface area contributed by atoms with Gasteiger partial charge in [0, 0.05) is 31.8 Å². The van der Waals surface area contributed by atoms with Crippen LogP contribution in [0.2, 0.25) is 0 Å². The molecule has 6 unspecified atom stereocenters. The molecular formula is C44H78N4O3. The van der Waals surface area contributed by atoms with E-state index in [0.29, 0.717) is 59.2 Å². The molecule has 4 fully saturated rings. The van der Waals surface area contributed by atoms with Gasteiger partial charge >= 0.3 is 0 Å². The first kappa shape index (κ1) is 41.1. The highest BCUT2D eigenvalue weighted by Gasteiger charge is 2.66. The predicted octanol–water partition coefficient (Wildman–Crippen LogP) is 7.79. The largest absolute Gasteiger partial charge is 0.378 e. The zero-order valence-corrected chi connectivity index (χ0v) is 33.3. The van der Waals surface area contributed by atoms with Crippen LogP contribution >= 0.6 is 0 Å². The molecule has 0 radical (unpaired) electrons. The van der Waals surface area contributed by atoms with Gasteiger partial charge in [0.25, 0.3) is 0 Å². The van der Waals surface area contributed by atoms with Gasteiger partial charge in [-0.15, -0.1) is 0 Å². The van der Waals surface area contributed by atoms with E-state index in [1.165, 1.54) is 63.4 Å². The van der Waals surface area contributed by atoms with Crippen molar-refractivity contribution in [2.75, 3.05) is 53.0 Å². The number of hydrogen-bond acceptors (Lipinski definition) is 7. The minimum atomic E-state index is 0.171. The molecule has 0 heterocycles. The molecule has 0 aliphatic heterocycles. The molecule has 6 N–H and O–H groups in total. The first-order valence-electron chi connectivity index (χ1n) is 21.4. The maximum atomic E-state index is 7.16. The van der Waals surface area contributed by atoms with Crippen molar-refractivity contribution in [1.29, 1.82) is 0 Å². The summed E-state index contributed by atoms with van der Waals surface area (Å²) in [5.41, 5.74) is 19.5. The van der Waals surface area contributed by atoms with E-state index in [9.17, 15) is 0 Å². The number of fused-ring (bicyclic) bond motifs is 5. The molecule has 7 heteroatoms. The van der Waals surface area contributed by atoms with Gasteiger partial charge in [0.05, 0.1) is 18.3 Å². The summed E-state index contributed by atoms with van der Waals surface area (Å²) in [7, 11) is 2.28.